The molecule has 20 heavy (non-hydrogen) atoms. The minimum absolute atomic E-state index is 0.0537. The van der Waals surface area contributed by atoms with E-state index in [9.17, 15) is 4.79 Å². The van der Waals surface area contributed by atoms with Gasteiger partial charge in [-0.1, -0.05) is 40.1 Å². The Morgan fingerprint density at radius 1 is 1.10 bits per heavy atom. The van der Waals surface area contributed by atoms with Crippen LogP contribution in [0.3, 0.4) is 0 Å². The fourth-order valence-corrected chi connectivity index (χ4v) is 2.12. The molecule has 0 spiro atoms. The summed E-state index contributed by atoms with van der Waals surface area (Å²) in [6, 6.07) is 16.6. The highest BCUT2D eigenvalue weighted by molar-refractivity contribution is 5.91. The number of nitrogens with zero attached hydrogens (tertiary/aromatic N) is 2. The minimum Gasteiger partial charge on any atom is -0.407 e. The fraction of sp³-hybridized carbons (Fsp3) is 0.0667. The van der Waals surface area contributed by atoms with E-state index < -0.39 is 6.09 Å². The molecule has 100 valence electrons. The third-order valence-electron chi connectivity index (χ3n) is 3.10. The Labute approximate surface area is 116 Å². The van der Waals surface area contributed by atoms with Gasteiger partial charge in [-0.25, -0.2) is 4.79 Å². The van der Waals surface area contributed by atoms with Gasteiger partial charge in [-0.3, -0.25) is 0 Å². The average molecular weight is 268 g/mol. The lowest BCUT2D eigenvalue weighted by atomic mass is 10.2. The van der Waals surface area contributed by atoms with E-state index in [1.807, 2.05) is 42.5 Å². The number of benzene rings is 2. The van der Waals surface area contributed by atoms with Crippen LogP contribution in [0.2, 0.25) is 0 Å². The van der Waals surface area contributed by atoms with Gasteiger partial charge in [0.15, 0.2) is 5.69 Å². The second kappa shape index (κ2) is 4.79. The number of quaternary nitrogens is 1. The van der Waals surface area contributed by atoms with Gasteiger partial charge in [-0.2, -0.15) is 0 Å². The molecule has 0 aromatic heterocycles. The number of para-hydroxylation sites is 2. The van der Waals surface area contributed by atoms with Crippen molar-refractivity contribution in [3.63, 3.8) is 0 Å². The van der Waals surface area contributed by atoms with Crippen LogP contribution in [0.1, 0.15) is 5.56 Å². The van der Waals surface area contributed by atoms with Gasteiger partial charge in [0.2, 0.25) is 0 Å². The molecule has 2 aromatic carbocycles. The average Bonchev–Trinajstić information content (AvgIpc) is 2.78. The lowest BCUT2D eigenvalue weighted by Gasteiger charge is -2.23. The van der Waals surface area contributed by atoms with Crippen LogP contribution in [0.15, 0.2) is 59.7 Å². The Morgan fingerprint density at radius 3 is 2.60 bits per heavy atom. The second-order valence-electron chi connectivity index (χ2n) is 4.58. The van der Waals surface area contributed by atoms with E-state index in [1.54, 1.807) is 25.4 Å². The summed E-state index contributed by atoms with van der Waals surface area (Å²) in [5, 5.41) is 4.32. The van der Waals surface area contributed by atoms with Crippen molar-refractivity contribution >= 4 is 18.0 Å². The Morgan fingerprint density at radius 2 is 1.80 bits per heavy atom. The normalized spacial score (nSPS) is 19.4. The number of hydrogen-bond donors (Lipinski definition) is 1. The first-order chi connectivity index (χ1) is 9.67. The quantitative estimate of drug-likeness (QED) is 0.851. The van der Waals surface area contributed by atoms with E-state index >= 15 is 0 Å². The maximum Gasteiger partial charge on any atom is 0.460 e. The molecule has 1 aliphatic rings. The Kier molecular flexibility index (Phi) is 2.96. The number of ether oxygens (including phenoxy) is 1. The number of carbonyl (C=O) groups is 1. The summed E-state index contributed by atoms with van der Waals surface area (Å²) in [5.74, 6) is 0.494. The van der Waals surface area contributed by atoms with Crippen molar-refractivity contribution in [1.29, 1.82) is 0 Å². The Balaban J connectivity index is 1.75. The molecule has 1 atom stereocenters. The van der Waals surface area contributed by atoms with Crippen molar-refractivity contribution in [2.45, 2.75) is 0 Å². The molecule has 0 fully saturated rings. The van der Waals surface area contributed by atoms with Crippen LogP contribution in [-0.2, 0) is 0 Å². The van der Waals surface area contributed by atoms with Gasteiger partial charge in [0.25, 0.3) is 0 Å². The lowest BCUT2D eigenvalue weighted by molar-refractivity contribution is 0.165. The molecule has 0 saturated heterocycles. The van der Waals surface area contributed by atoms with Crippen LogP contribution >= 0.6 is 0 Å². The Hall–Kier alpha value is -2.66. The van der Waals surface area contributed by atoms with E-state index in [0.29, 0.717) is 5.75 Å². The summed E-state index contributed by atoms with van der Waals surface area (Å²) in [6.45, 7) is 0. The molecule has 1 heterocycles. The molecule has 1 aliphatic heterocycles. The largest absolute Gasteiger partial charge is 0.460 e. The standard InChI is InChI=1S/C15H13N3O2/c1-18(14-10-6-5-7-12(14)11-16-18)17-15(19)20-13-8-3-2-4-9-13/h2-11H,1H3/p+1. The molecule has 0 saturated carbocycles. The van der Waals surface area contributed by atoms with Crippen LogP contribution in [0.5, 0.6) is 5.75 Å². The fourth-order valence-electron chi connectivity index (χ4n) is 2.12. The number of fused-ring (bicyclic) bond motifs is 1. The van der Waals surface area contributed by atoms with E-state index in [2.05, 4.69) is 10.5 Å². The lowest BCUT2D eigenvalue weighted by Crippen LogP contribution is -2.54. The number of carbonyl (C=O) groups excluding carboxylic acids is 1. The van der Waals surface area contributed by atoms with Crippen molar-refractivity contribution in [2.75, 3.05) is 7.05 Å². The third-order valence-corrected chi connectivity index (χ3v) is 3.10. The zero-order chi connectivity index (χ0) is 14.0. The van der Waals surface area contributed by atoms with Crippen molar-refractivity contribution < 1.29 is 9.53 Å². The van der Waals surface area contributed by atoms with Crippen molar-refractivity contribution in [3.05, 3.63) is 60.2 Å². The summed E-state index contributed by atoms with van der Waals surface area (Å²) < 4.78 is 5.16. The van der Waals surface area contributed by atoms with Crippen LogP contribution in [0.4, 0.5) is 10.5 Å². The van der Waals surface area contributed by atoms with E-state index in [0.717, 1.165) is 11.3 Å². The van der Waals surface area contributed by atoms with Gasteiger partial charge >= 0.3 is 6.09 Å². The molecule has 1 unspecified atom stereocenters. The first kappa shape index (κ1) is 12.4. The van der Waals surface area contributed by atoms with E-state index in [4.69, 9.17) is 4.74 Å². The second-order valence-corrected chi connectivity index (χ2v) is 4.58. The molecule has 3 rings (SSSR count). The molecule has 1 N–H and O–H groups in total. The van der Waals surface area contributed by atoms with Crippen LogP contribution in [0.25, 0.3) is 0 Å². The predicted molar refractivity (Wildman–Crippen MR) is 77.4 cm³/mol. The highest BCUT2D eigenvalue weighted by atomic mass is 16.6. The molecular weight excluding hydrogens is 254 g/mol. The summed E-state index contributed by atoms with van der Waals surface area (Å²) in [6.07, 6.45) is 1.19. The maximum atomic E-state index is 12.0. The smallest absolute Gasteiger partial charge is 0.407 e. The van der Waals surface area contributed by atoms with Crippen molar-refractivity contribution in [2.24, 2.45) is 5.10 Å². The van der Waals surface area contributed by atoms with Gasteiger partial charge < -0.3 is 4.74 Å². The molecule has 5 nitrogen and oxygen atoms in total. The summed E-state index contributed by atoms with van der Waals surface area (Å²) >= 11 is 0. The first-order valence-electron chi connectivity index (χ1n) is 6.24. The summed E-state index contributed by atoms with van der Waals surface area (Å²) in [5.41, 5.74) is 4.62. The molecular formula is C15H14N3O2+. The van der Waals surface area contributed by atoms with Crippen molar-refractivity contribution in [3.8, 4) is 5.75 Å². The maximum absolute atomic E-state index is 12.0. The molecule has 1 amide bonds. The monoisotopic (exact) mass is 268 g/mol. The first-order valence-corrected chi connectivity index (χ1v) is 6.24. The van der Waals surface area contributed by atoms with E-state index in [1.165, 1.54) is 0 Å². The number of rotatable bonds is 2. The third kappa shape index (κ3) is 2.26. The van der Waals surface area contributed by atoms with Crippen molar-refractivity contribution in [1.82, 2.24) is 10.1 Å². The molecule has 0 bridgehead atoms. The topological polar surface area (TPSA) is 50.7 Å². The molecule has 0 radical (unpaired) electrons. The van der Waals surface area contributed by atoms with Gasteiger partial charge in [-0.05, 0) is 18.2 Å². The number of nitrogens with one attached hydrogen (secondary N) is 1. The van der Waals surface area contributed by atoms with Crippen LogP contribution < -0.4 is 14.9 Å². The zero-order valence-electron chi connectivity index (χ0n) is 11.0. The minimum atomic E-state index is -0.549. The SMILES string of the molecule is C[N+]1(NC(=O)Oc2ccccc2)N=Cc2ccccc21. The van der Waals surface area contributed by atoms with Crippen LogP contribution in [0, 0.1) is 0 Å². The number of amides is 1. The molecule has 0 aliphatic carbocycles. The summed E-state index contributed by atoms with van der Waals surface area (Å²) in [7, 11) is 1.79. The predicted octanol–water partition coefficient (Wildman–Crippen LogP) is 2.67. The van der Waals surface area contributed by atoms with Gasteiger partial charge in [-0.15, -0.1) is 5.43 Å². The molecule has 2 aromatic rings. The highest BCUT2D eigenvalue weighted by Crippen LogP contribution is 2.28. The zero-order valence-corrected chi connectivity index (χ0v) is 11.0. The Bertz CT molecular complexity index is 670. The highest BCUT2D eigenvalue weighted by Gasteiger charge is 2.35. The van der Waals surface area contributed by atoms with Gasteiger partial charge in [0.05, 0.1) is 11.8 Å². The summed E-state index contributed by atoms with van der Waals surface area (Å²) in [4.78, 5) is 12.0. The number of hydrogen-bond acceptors (Lipinski definition) is 3. The van der Waals surface area contributed by atoms with Gasteiger partial charge in [0, 0.05) is 6.07 Å². The van der Waals surface area contributed by atoms with Gasteiger partial charge in [0.1, 0.15) is 12.8 Å². The molecule has 5 heteroatoms. The van der Waals surface area contributed by atoms with E-state index in [-0.39, 0.29) is 4.70 Å². The van der Waals surface area contributed by atoms with Crippen LogP contribution in [-0.4, -0.2) is 19.4 Å².